The zero-order valence-corrected chi connectivity index (χ0v) is 19.6. The van der Waals surface area contributed by atoms with E-state index in [2.05, 4.69) is 5.32 Å². The van der Waals surface area contributed by atoms with Crippen molar-refractivity contribution in [3.05, 3.63) is 66.0 Å². The fraction of sp³-hybridized carbons (Fsp3) is 0.391. The highest BCUT2D eigenvalue weighted by Crippen LogP contribution is 2.18. The minimum atomic E-state index is -3.76. The summed E-state index contributed by atoms with van der Waals surface area (Å²) in [7, 11) is -3.76. The summed E-state index contributed by atoms with van der Waals surface area (Å²) in [6, 6.07) is 13.0. The lowest BCUT2D eigenvalue weighted by atomic mass is 10.1. The van der Waals surface area contributed by atoms with E-state index in [1.165, 1.54) is 29.2 Å². The van der Waals surface area contributed by atoms with Crippen LogP contribution in [-0.4, -0.2) is 50.5 Å². The fourth-order valence-corrected chi connectivity index (χ4v) is 3.88. The third-order valence-electron chi connectivity index (χ3n) is 4.84. The van der Waals surface area contributed by atoms with Crippen LogP contribution in [0.3, 0.4) is 0 Å². The highest BCUT2D eigenvalue weighted by Gasteiger charge is 2.30. The number of carbonyl (C=O) groups is 2. The summed E-state index contributed by atoms with van der Waals surface area (Å²) in [6.45, 7) is 5.51. The summed E-state index contributed by atoms with van der Waals surface area (Å²) in [5.74, 6) is -1.08. The highest BCUT2D eigenvalue weighted by molar-refractivity contribution is 7.92. The van der Waals surface area contributed by atoms with Crippen LogP contribution in [-0.2, 0) is 26.2 Å². The van der Waals surface area contributed by atoms with Gasteiger partial charge in [0.2, 0.25) is 21.8 Å². The standard InChI is InChI=1S/C23H30FN3O4S/c1-17(2)14-25-23(29)18(3)26(15-19-10-12-20(24)13-11-19)22(28)16-27(32(4,30)31)21-8-6-5-7-9-21/h5-13,17-18H,14-16H2,1-4H3,(H,25,29)/t18-/m0/s1. The van der Waals surface area contributed by atoms with Crippen molar-refractivity contribution in [3.8, 4) is 0 Å². The van der Waals surface area contributed by atoms with Gasteiger partial charge in [0.1, 0.15) is 18.4 Å². The summed E-state index contributed by atoms with van der Waals surface area (Å²) >= 11 is 0. The lowest BCUT2D eigenvalue weighted by molar-refractivity contribution is -0.139. The number of anilines is 1. The monoisotopic (exact) mass is 463 g/mol. The Morgan fingerprint density at radius 3 is 2.12 bits per heavy atom. The van der Waals surface area contributed by atoms with Crippen LogP contribution in [0.4, 0.5) is 10.1 Å². The second kappa shape index (κ2) is 11.1. The van der Waals surface area contributed by atoms with E-state index < -0.39 is 34.3 Å². The number of nitrogens with one attached hydrogen (secondary N) is 1. The first kappa shape index (κ1) is 25.3. The van der Waals surface area contributed by atoms with Crippen molar-refractivity contribution < 1.29 is 22.4 Å². The molecule has 0 heterocycles. The van der Waals surface area contributed by atoms with E-state index in [9.17, 15) is 22.4 Å². The predicted octanol–water partition coefficient (Wildman–Crippen LogP) is 2.78. The highest BCUT2D eigenvalue weighted by atomic mass is 32.2. The van der Waals surface area contributed by atoms with Crippen molar-refractivity contribution in [2.24, 2.45) is 5.92 Å². The van der Waals surface area contributed by atoms with Gasteiger partial charge < -0.3 is 10.2 Å². The number of rotatable bonds is 10. The summed E-state index contributed by atoms with van der Waals surface area (Å²) < 4.78 is 39.1. The number of hydrogen-bond acceptors (Lipinski definition) is 4. The van der Waals surface area contributed by atoms with Crippen LogP contribution in [0.5, 0.6) is 0 Å². The van der Waals surface area contributed by atoms with E-state index in [0.717, 1.165) is 10.6 Å². The second-order valence-corrected chi connectivity index (χ2v) is 9.98. The molecule has 0 unspecified atom stereocenters. The largest absolute Gasteiger partial charge is 0.354 e. The number of carbonyl (C=O) groups excluding carboxylic acids is 2. The van der Waals surface area contributed by atoms with Gasteiger partial charge in [-0.25, -0.2) is 12.8 Å². The van der Waals surface area contributed by atoms with Crippen LogP contribution in [0.2, 0.25) is 0 Å². The fourth-order valence-electron chi connectivity index (χ4n) is 3.03. The molecular weight excluding hydrogens is 433 g/mol. The lowest BCUT2D eigenvalue weighted by Gasteiger charge is -2.31. The van der Waals surface area contributed by atoms with Gasteiger partial charge in [-0.3, -0.25) is 13.9 Å². The van der Waals surface area contributed by atoms with Gasteiger partial charge in [0.05, 0.1) is 11.9 Å². The molecule has 32 heavy (non-hydrogen) atoms. The summed E-state index contributed by atoms with van der Waals surface area (Å²) in [6.07, 6.45) is 1.02. The van der Waals surface area contributed by atoms with Gasteiger partial charge in [-0.1, -0.05) is 44.2 Å². The molecule has 0 spiro atoms. The Labute approximate surface area is 189 Å². The number of para-hydroxylation sites is 1. The van der Waals surface area contributed by atoms with Gasteiger partial charge >= 0.3 is 0 Å². The van der Waals surface area contributed by atoms with Crippen molar-refractivity contribution in [3.63, 3.8) is 0 Å². The molecule has 1 atom stereocenters. The Morgan fingerprint density at radius 1 is 1.00 bits per heavy atom. The molecule has 0 aliphatic carbocycles. The average Bonchev–Trinajstić information content (AvgIpc) is 2.74. The van der Waals surface area contributed by atoms with Crippen molar-refractivity contribution in [2.45, 2.75) is 33.4 Å². The first-order valence-corrected chi connectivity index (χ1v) is 12.2. The molecule has 2 rings (SSSR count). The number of sulfonamides is 1. The molecule has 0 aliphatic heterocycles. The first-order chi connectivity index (χ1) is 15.0. The normalized spacial score (nSPS) is 12.3. The zero-order valence-electron chi connectivity index (χ0n) is 18.8. The van der Waals surface area contributed by atoms with Crippen molar-refractivity contribution in [1.29, 1.82) is 0 Å². The third-order valence-corrected chi connectivity index (χ3v) is 5.98. The Balaban J connectivity index is 2.32. The molecule has 0 fully saturated rings. The van der Waals surface area contributed by atoms with Crippen molar-refractivity contribution in [2.75, 3.05) is 23.7 Å². The molecule has 0 radical (unpaired) electrons. The van der Waals surface area contributed by atoms with Gasteiger partial charge in [-0.05, 0) is 42.7 Å². The summed E-state index contributed by atoms with van der Waals surface area (Å²) in [5, 5.41) is 2.80. The first-order valence-electron chi connectivity index (χ1n) is 10.3. The Bertz CT molecular complexity index is 1010. The lowest BCUT2D eigenvalue weighted by Crippen LogP contribution is -2.51. The quantitative estimate of drug-likeness (QED) is 0.587. The molecule has 0 bridgehead atoms. The molecule has 2 amide bonds. The van der Waals surface area contributed by atoms with Crippen LogP contribution in [0, 0.1) is 11.7 Å². The maximum atomic E-state index is 13.3. The Hall–Kier alpha value is -2.94. The number of nitrogens with zero attached hydrogens (tertiary/aromatic N) is 2. The van der Waals surface area contributed by atoms with Crippen LogP contribution < -0.4 is 9.62 Å². The van der Waals surface area contributed by atoms with Gasteiger partial charge in [0.15, 0.2) is 0 Å². The smallest absolute Gasteiger partial charge is 0.244 e. The van der Waals surface area contributed by atoms with E-state index >= 15 is 0 Å². The molecule has 0 saturated heterocycles. The average molecular weight is 464 g/mol. The maximum absolute atomic E-state index is 13.3. The molecule has 2 aromatic rings. The number of amides is 2. The molecule has 2 aromatic carbocycles. The van der Waals surface area contributed by atoms with E-state index in [0.29, 0.717) is 17.8 Å². The Morgan fingerprint density at radius 2 is 1.59 bits per heavy atom. The van der Waals surface area contributed by atoms with Gasteiger partial charge in [0.25, 0.3) is 0 Å². The van der Waals surface area contributed by atoms with Crippen molar-refractivity contribution in [1.82, 2.24) is 10.2 Å². The van der Waals surface area contributed by atoms with E-state index in [1.54, 1.807) is 37.3 Å². The summed E-state index contributed by atoms with van der Waals surface area (Å²) in [4.78, 5) is 27.3. The predicted molar refractivity (Wildman–Crippen MR) is 123 cm³/mol. The third kappa shape index (κ3) is 7.33. The van der Waals surface area contributed by atoms with E-state index in [1.807, 2.05) is 13.8 Å². The molecule has 1 N–H and O–H groups in total. The van der Waals surface area contributed by atoms with Crippen LogP contribution >= 0.6 is 0 Å². The topological polar surface area (TPSA) is 86.8 Å². The van der Waals surface area contributed by atoms with E-state index in [-0.39, 0.29) is 18.4 Å². The molecule has 7 nitrogen and oxygen atoms in total. The van der Waals surface area contributed by atoms with Gasteiger partial charge in [0, 0.05) is 13.1 Å². The number of hydrogen-bond donors (Lipinski definition) is 1. The minimum absolute atomic E-state index is 0.0295. The zero-order chi connectivity index (χ0) is 23.9. The summed E-state index contributed by atoms with van der Waals surface area (Å²) in [5.41, 5.74) is 0.968. The molecule has 9 heteroatoms. The van der Waals surface area contributed by atoms with Crippen LogP contribution in [0.25, 0.3) is 0 Å². The van der Waals surface area contributed by atoms with Gasteiger partial charge in [-0.15, -0.1) is 0 Å². The van der Waals surface area contributed by atoms with Crippen molar-refractivity contribution >= 4 is 27.5 Å². The van der Waals surface area contributed by atoms with E-state index in [4.69, 9.17) is 0 Å². The maximum Gasteiger partial charge on any atom is 0.244 e. The number of benzene rings is 2. The van der Waals surface area contributed by atoms with Crippen LogP contribution in [0.1, 0.15) is 26.3 Å². The SMILES string of the molecule is CC(C)CNC(=O)[C@H](C)N(Cc1ccc(F)cc1)C(=O)CN(c1ccccc1)S(C)(=O)=O. The second-order valence-electron chi connectivity index (χ2n) is 8.07. The molecule has 0 saturated carbocycles. The molecule has 0 aliphatic rings. The molecule has 174 valence electrons. The molecule has 0 aromatic heterocycles. The van der Waals surface area contributed by atoms with Crippen LogP contribution in [0.15, 0.2) is 54.6 Å². The molecular formula is C23H30FN3O4S. The Kier molecular flexibility index (Phi) is 8.77. The minimum Gasteiger partial charge on any atom is -0.354 e. The number of halogens is 1. The van der Waals surface area contributed by atoms with Gasteiger partial charge in [-0.2, -0.15) is 0 Å².